The first-order chi connectivity index (χ1) is 17.1. The Bertz CT molecular complexity index is 1330. The summed E-state index contributed by atoms with van der Waals surface area (Å²) in [5, 5.41) is 8.85. The predicted molar refractivity (Wildman–Crippen MR) is 128 cm³/mol. The maximum atomic E-state index is 14.1. The van der Waals surface area contributed by atoms with Crippen LogP contribution in [-0.4, -0.2) is 38.5 Å². The summed E-state index contributed by atoms with van der Waals surface area (Å²) < 4.78 is 60.6. The van der Waals surface area contributed by atoms with Crippen molar-refractivity contribution in [1.29, 1.82) is 0 Å². The van der Waals surface area contributed by atoms with Crippen molar-refractivity contribution >= 4 is 27.5 Å². The summed E-state index contributed by atoms with van der Waals surface area (Å²) in [5.41, 5.74) is 0.270. The van der Waals surface area contributed by atoms with Gasteiger partial charge >= 0.3 is 5.97 Å². The molecule has 0 aromatic heterocycles. The molecule has 0 bridgehead atoms. The van der Waals surface area contributed by atoms with Crippen LogP contribution in [0.15, 0.2) is 65.1 Å². The van der Waals surface area contributed by atoms with Gasteiger partial charge < -0.3 is 9.84 Å². The Labute approximate surface area is 207 Å². The molecule has 2 aromatic rings. The number of ether oxygens (including phenoxy) is 1. The van der Waals surface area contributed by atoms with E-state index in [1.807, 2.05) is 16.9 Å². The van der Waals surface area contributed by atoms with Crippen molar-refractivity contribution in [3.63, 3.8) is 0 Å². The van der Waals surface area contributed by atoms with E-state index in [-0.39, 0.29) is 16.6 Å². The molecule has 7 nitrogen and oxygen atoms in total. The van der Waals surface area contributed by atoms with Gasteiger partial charge in [0.05, 0.1) is 16.1 Å². The van der Waals surface area contributed by atoms with Crippen molar-refractivity contribution in [3.05, 3.63) is 83.0 Å². The molecule has 36 heavy (non-hydrogen) atoms. The van der Waals surface area contributed by atoms with Crippen LogP contribution in [0.4, 0.5) is 14.5 Å². The van der Waals surface area contributed by atoms with Crippen LogP contribution >= 0.6 is 0 Å². The molecule has 2 aromatic carbocycles. The average molecular weight is 518 g/mol. The first kappa shape index (κ1) is 25.7. The Morgan fingerprint density at radius 3 is 2.42 bits per heavy atom. The van der Waals surface area contributed by atoms with Gasteiger partial charge in [-0.3, -0.25) is 9.52 Å². The topological polar surface area (TPSA) is 110 Å². The average Bonchev–Trinajstić information content (AvgIpc) is 2.85. The van der Waals surface area contributed by atoms with Gasteiger partial charge in [-0.1, -0.05) is 24.3 Å². The van der Waals surface area contributed by atoms with E-state index >= 15 is 0 Å². The molecular weight excluding hydrogens is 492 g/mol. The first-order valence-corrected chi connectivity index (χ1v) is 13.0. The van der Waals surface area contributed by atoms with Crippen LogP contribution in [0, 0.1) is 23.5 Å². The van der Waals surface area contributed by atoms with Crippen molar-refractivity contribution < 1.29 is 36.6 Å². The number of rotatable bonds is 8. The molecule has 1 atom stereocenters. The van der Waals surface area contributed by atoms with Crippen molar-refractivity contribution in [2.45, 2.75) is 30.6 Å². The molecule has 0 saturated carbocycles. The lowest BCUT2D eigenvalue weighted by Crippen LogP contribution is -2.21. The fourth-order valence-electron chi connectivity index (χ4n) is 4.31. The van der Waals surface area contributed by atoms with E-state index in [0.29, 0.717) is 44.1 Å². The standard InChI is InChI=1S/C26H25F2NO6S/c27-22-15-24(23(28)14-21(22)26(31)32)29-36(33,34)20-7-2-16(3-8-20)1-4-18-5-6-19(13-25(18)30)17-9-11-35-12-10-17/h2-3,5-8,13-15,17-18,29H,1,4,9-12H2,(H,31,32). The zero-order chi connectivity index (χ0) is 25.9. The zero-order valence-electron chi connectivity index (χ0n) is 19.2. The maximum absolute atomic E-state index is 14.1. The minimum absolute atomic E-state index is 0.0607. The number of aromatic carboxylic acids is 1. The third kappa shape index (κ3) is 5.88. The number of carboxylic acid groups (broad SMARTS) is 1. The van der Waals surface area contributed by atoms with Gasteiger partial charge in [0.15, 0.2) is 5.78 Å². The number of allylic oxidation sites excluding steroid dienone is 4. The lowest BCUT2D eigenvalue weighted by Gasteiger charge is -2.25. The van der Waals surface area contributed by atoms with E-state index in [0.717, 1.165) is 24.0 Å². The summed E-state index contributed by atoms with van der Waals surface area (Å²) in [5.74, 6) is -3.98. The molecule has 1 aliphatic heterocycles. The summed E-state index contributed by atoms with van der Waals surface area (Å²) in [4.78, 5) is 23.3. The van der Waals surface area contributed by atoms with Crippen LogP contribution in [0.25, 0.3) is 0 Å². The highest BCUT2D eigenvalue weighted by Gasteiger charge is 2.24. The summed E-state index contributed by atoms with van der Waals surface area (Å²) in [6.07, 6.45) is 8.62. The Hall–Kier alpha value is -3.37. The number of nitrogens with one attached hydrogen (secondary N) is 1. The van der Waals surface area contributed by atoms with Crippen molar-refractivity contribution in [3.8, 4) is 0 Å². The molecule has 2 N–H and O–H groups in total. The molecule has 1 saturated heterocycles. The third-order valence-electron chi connectivity index (χ3n) is 6.40. The largest absolute Gasteiger partial charge is 0.478 e. The van der Waals surface area contributed by atoms with Gasteiger partial charge in [-0.05, 0) is 67.0 Å². The molecule has 4 rings (SSSR count). The van der Waals surface area contributed by atoms with E-state index in [1.54, 1.807) is 18.2 Å². The minimum Gasteiger partial charge on any atom is -0.478 e. The Balaban J connectivity index is 1.37. The number of hydrogen-bond donors (Lipinski definition) is 2. The lowest BCUT2D eigenvalue weighted by molar-refractivity contribution is -0.117. The monoisotopic (exact) mass is 517 g/mol. The van der Waals surface area contributed by atoms with Gasteiger partial charge in [0, 0.05) is 25.2 Å². The maximum Gasteiger partial charge on any atom is 0.338 e. The van der Waals surface area contributed by atoms with Gasteiger partial charge in [0.1, 0.15) is 11.6 Å². The first-order valence-electron chi connectivity index (χ1n) is 11.5. The smallest absolute Gasteiger partial charge is 0.338 e. The molecular formula is C26H25F2NO6S. The van der Waals surface area contributed by atoms with Crippen LogP contribution in [0.1, 0.15) is 35.2 Å². The van der Waals surface area contributed by atoms with Gasteiger partial charge in [0.2, 0.25) is 0 Å². The van der Waals surface area contributed by atoms with Crippen LogP contribution in [0.5, 0.6) is 0 Å². The van der Waals surface area contributed by atoms with Crippen LogP contribution in [-0.2, 0) is 26.0 Å². The fourth-order valence-corrected chi connectivity index (χ4v) is 5.37. The number of hydrogen-bond acceptors (Lipinski definition) is 5. The van der Waals surface area contributed by atoms with E-state index in [1.165, 1.54) is 12.1 Å². The number of sulfonamides is 1. The molecule has 0 spiro atoms. The van der Waals surface area contributed by atoms with Crippen LogP contribution < -0.4 is 4.72 Å². The molecule has 190 valence electrons. The number of benzene rings is 2. The number of carboxylic acids is 1. The number of carbonyl (C=O) groups excluding carboxylic acids is 1. The Morgan fingerprint density at radius 1 is 1.08 bits per heavy atom. The van der Waals surface area contributed by atoms with E-state index < -0.39 is 38.9 Å². The molecule has 2 aliphatic rings. The molecule has 0 amide bonds. The fraction of sp³-hybridized carbons (Fsp3) is 0.308. The van der Waals surface area contributed by atoms with Crippen molar-refractivity contribution in [1.82, 2.24) is 0 Å². The second kappa shape index (κ2) is 10.7. The summed E-state index contributed by atoms with van der Waals surface area (Å²) in [6, 6.07) is 6.76. The zero-order valence-corrected chi connectivity index (χ0v) is 20.1. The Kier molecular flexibility index (Phi) is 7.65. The summed E-state index contributed by atoms with van der Waals surface area (Å²) in [7, 11) is -4.25. The van der Waals surface area contributed by atoms with E-state index in [2.05, 4.69) is 0 Å². The molecule has 1 aliphatic carbocycles. The lowest BCUT2D eigenvalue weighted by atomic mass is 9.83. The van der Waals surface area contributed by atoms with Gasteiger partial charge in [-0.25, -0.2) is 22.0 Å². The van der Waals surface area contributed by atoms with Crippen LogP contribution in [0.2, 0.25) is 0 Å². The molecule has 0 radical (unpaired) electrons. The van der Waals surface area contributed by atoms with Crippen LogP contribution in [0.3, 0.4) is 0 Å². The summed E-state index contributed by atoms with van der Waals surface area (Å²) in [6.45, 7) is 1.41. The van der Waals surface area contributed by atoms with Gasteiger partial charge in [-0.2, -0.15) is 0 Å². The molecule has 10 heteroatoms. The number of anilines is 1. The van der Waals surface area contributed by atoms with Crippen molar-refractivity contribution in [2.75, 3.05) is 17.9 Å². The highest BCUT2D eigenvalue weighted by Crippen LogP contribution is 2.29. The number of aryl methyl sites for hydroxylation is 1. The second-order valence-electron chi connectivity index (χ2n) is 8.80. The molecule has 1 heterocycles. The number of halogens is 2. The molecule has 1 unspecified atom stereocenters. The normalized spacial score (nSPS) is 18.7. The molecule has 1 fully saturated rings. The third-order valence-corrected chi connectivity index (χ3v) is 7.78. The van der Waals surface area contributed by atoms with Gasteiger partial charge in [0.25, 0.3) is 10.0 Å². The Morgan fingerprint density at radius 2 is 1.78 bits per heavy atom. The van der Waals surface area contributed by atoms with Gasteiger partial charge in [-0.15, -0.1) is 0 Å². The highest BCUT2D eigenvalue weighted by atomic mass is 32.2. The minimum atomic E-state index is -4.25. The number of carbonyl (C=O) groups is 2. The predicted octanol–water partition coefficient (Wildman–Crippen LogP) is 4.50. The van der Waals surface area contributed by atoms with E-state index in [9.17, 15) is 26.8 Å². The van der Waals surface area contributed by atoms with E-state index in [4.69, 9.17) is 9.84 Å². The quantitative estimate of drug-likeness (QED) is 0.534. The SMILES string of the molecule is O=C(O)c1cc(F)c(NS(=O)(=O)c2ccc(CCC3C=CC(C4CCOCC4)=CC3=O)cc2)cc1F. The highest BCUT2D eigenvalue weighted by molar-refractivity contribution is 7.92. The number of ketones is 1. The van der Waals surface area contributed by atoms with Crippen molar-refractivity contribution in [2.24, 2.45) is 11.8 Å². The second-order valence-corrected chi connectivity index (χ2v) is 10.5. The summed E-state index contributed by atoms with van der Waals surface area (Å²) >= 11 is 0.